The Morgan fingerprint density at radius 1 is 1.25 bits per heavy atom. The van der Waals surface area contributed by atoms with Gasteiger partial charge in [0.1, 0.15) is 6.61 Å². The molecule has 1 aromatic carbocycles. The van der Waals surface area contributed by atoms with Crippen molar-refractivity contribution in [1.29, 1.82) is 0 Å². The molecule has 0 aromatic heterocycles. The first-order valence-corrected chi connectivity index (χ1v) is 7.02. The van der Waals surface area contributed by atoms with E-state index in [0.29, 0.717) is 12.4 Å². The van der Waals surface area contributed by atoms with Gasteiger partial charge in [0.2, 0.25) is 5.91 Å². The van der Waals surface area contributed by atoms with Crippen LogP contribution in [0, 0.1) is 5.82 Å². The van der Waals surface area contributed by atoms with Crippen molar-refractivity contribution in [2.45, 2.75) is 13.3 Å². The number of ether oxygens (including phenoxy) is 1. The lowest BCUT2D eigenvalue weighted by Gasteiger charge is -2.21. The second-order valence-electron chi connectivity index (χ2n) is 4.98. The summed E-state index contributed by atoms with van der Waals surface area (Å²) in [6.07, 6.45) is 0.972. The van der Waals surface area contributed by atoms with Crippen LogP contribution in [0.5, 0.6) is 5.75 Å². The smallest absolute Gasteiger partial charge is 0.219 e. The summed E-state index contributed by atoms with van der Waals surface area (Å²) < 4.78 is 18.8. The van der Waals surface area contributed by atoms with Crippen LogP contribution < -0.4 is 4.74 Å². The van der Waals surface area contributed by atoms with Crippen LogP contribution in [-0.2, 0) is 4.79 Å². The van der Waals surface area contributed by atoms with E-state index in [1.807, 2.05) is 4.90 Å². The van der Waals surface area contributed by atoms with Crippen molar-refractivity contribution in [3.8, 4) is 5.75 Å². The number of carbonyl (C=O) groups is 1. The molecule has 2 rings (SSSR count). The molecule has 1 aliphatic rings. The number of amides is 1. The van der Waals surface area contributed by atoms with Gasteiger partial charge in [0.15, 0.2) is 11.6 Å². The van der Waals surface area contributed by atoms with E-state index in [2.05, 4.69) is 4.90 Å². The molecule has 0 N–H and O–H groups in total. The number of halogens is 1. The van der Waals surface area contributed by atoms with Gasteiger partial charge in [-0.25, -0.2) is 4.39 Å². The van der Waals surface area contributed by atoms with Gasteiger partial charge in [0, 0.05) is 39.6 Å². The zero-order chi connectivity index (χ0) is 14.4. The molecule has 0 unspecified atom stereocenters. The standard InChI is InChI=1S/C15H21FN2O2/c1-13(19)18-8-4-7-17(9-10-18)11-12-20-15-6-3-2-5-14(15)16/h2-3,5-6H,4,7-12H2,1H3. The third kappa shape index (κ3) is 4.20. The van der Waals surface area contributed by atoms with Crippen molar-refractivity contribution in [3.63, 3.8) is 0 Å². The van der Waals surface area contributed by atoms with E-state index in [9.17, 15) is 9.18 Å². The first-order chi connectivity index (χ1) is 9.66. The lowest BCUT2D eigenvalue weighted by Crippen LogP contribution is -2.35. The van der Waals surface area contributed by atoms with Crippen LogP contribution >= 0.6 is 0 Å². The molecular weight excluding hydrogens is 259 g/mol. The van der Waals surface area contributed by atoms with Gasteiger partial charge in [-0.15, -0.1) is 0 Å². The predicted octanol–water partition coefficient (Wildman–Crippen LogP) is 1.76. The van der Waals surface area contributed by atoms with E-state index in [0.717, 1.165) is 39.1 Å². The Morgan fingerprint density at radius 3 is 2.80 bits per heavy atom. The van der Waals surface area contributed by atoms with Gasteiger partial charge in [-0.1, -0.05) is 12.1 Å². The average Bonchev–Trinajstić information content (AvgIpc) is 2.67. The molecule has 0 bridgehead atoms. The van der Waals surface area contributed by atoms with Gasteiger partial charge >= 0.3 is 0 Å². The molecule has 4 nitrogen and oxygen atoms in total. The topological polar surface area (TPSA) is 32.8 Å². The number of nitrogens with zero attached hydrogens (tertiary/aromatic N) is 2. The molecule has 0 radical (unpaired) electrons. The molecule has 20 heavy (non-hydrogen) atoms. The summed E-state index contributed by atoms with van der Waals surface area (Å²) >= 11 is 0. The van der Waals surface area contributed by atoms with Gasteiger partial charge in [0.25, 0.3) is 0 Å². The van der Waals surface area contributed by atoms with E-state index in [4.69, 9.17) is 4.74 Å². The van der Waals surface area contributed by atoms with Crippen molar-refractivity contribution >= 4 is 5.91 Å². The minimum atomic E-state index is -0.328. The summed E-state index contributed by atoms with van der Waals surface area (Å²) in [4.78, 5) is 15.5. The van der Waals surface area contributed by atoms with Crippen molar-refractivity contribution in [3.05, 3.63) is 30.1 Å². The second-order valence-corrected chi connectivity index (χ2v) is 4.98. The molecule has 0 atom stereocenters. The fourth-order valence-corrected chi connectivity index (χ4v) is 2.36. The second kappa shape index (κ2) is 7.24. The molecule has 1 saturated heterocycles. The number of hydrogen-bond acceptors (Lipinski definition) is 3. The summed E-state index contributed by atoms with van der Waals surface area (Å²) in [6, 6.07) is 6.43. The van der Waals surface area contributed by atoms with Crippen molar-refractivity contribution in [2.75, 3.05) is 39.3 Å². The van der Waals surface area contributed by atoms with E-state index < -0.39 is 0 Å². The molecular formula is C15H21FN2O2. The third-order valence-electron chi connectivity index (χ3n) is 3.54. The molecule has 0 spiro atoms. The van der Waals surface area contributed by atoms with Crippen LogP contribution in [0.15, 0.2) is 24.3 Å². The van der Waals surface area contributed by atoms with E-state index in [1.54, 1.807) is 25.1 Å². The molecule has 1 amide bonds. The van der Waals surface area contributed by atoms with Crippen LogP contribution in [0.1, 0.15) is 13.3 Å². The molecule has 1 aromatic rings. The van der Waals surface area contributed by atoms with Crippen molar-refractivity contribution < 1.29 is 13.9 Å². The Hall–Kier alpha value is -1.62. The van der Waals surface area contributed by atoms with Gasteiger partial charge in [-0.3, -0.25) is 9.69 Å². The Labute approximate surface area is 119 Å². The van der Waals surface area contributed by atoms with E-state index >= 15 is 0 Å². The molecule has 1 heterocycles. The highest BCUT2D eigenvalue weighted by atomic mass is 19.1. The van der Waals surface area contributed by atoms with Gasteiger partial charge in [-0.05, 0) is 18.6 Å². The Balaban J connectivity index is 1.74. The fraction of sp³-hybridized carbons (Fsp3) is 0.533. The van der Waals surface area contributed by atoms with Crippen LogP contribution in [0.25, 0.3) is 0 Å². The van der Waals surface area contributed by atoms with Crippen molar-refractivity contribution in [1.82, 2.24) is 9.80 Å². The third-order valence-corrected chi connectivity index (χ3v) is 3.54. The number of hydrogen-bond donors (Lipinski definition) is 0. The van der Waals surface area contributed by atoms with Crippen LogP contribution in [-0.4, -0.2) is 55.0 Å². The van der Waals surface area contributed by atoms with Crippen LogP contribution in [0.4, 0.5) is 4.39 Å². The first kappa shape index (κ1) is 14.8. The Kier molecular flexibility index (Phi) is 5.35. The zero-order valence-corrected chi connectivity index (χ0v) is 11.8. The molecule has 1 fully saturated rings. The Bertz CT molecular complexity index is 453. The van der Waals surface area contributed by atoms with Crippen molar-refractivity contribution in [2.24, 2.45) is 0 Å². The normalized spacial score (nSPS) is 16.8. The van der Waals surface area contributed by atoms with Gasteiger partial charge in [-0.2, -0.15) is 0 Å². The molecule has 0 aliphatic carbocycles. The molecule has 5 heteroatoms. The molecule has 110 valence electrons. The molecule has 0 saturated carbocycles. The summed E-state index contributed by atoms with van der Waals surface area (Å²) in [6.45, 7) is 6.19. The molecule has 1 aliphatic heterocycles. The first-order valence-electron chi connectivity index (χ1n) is 7.02. The highest BCUT2D eigenvalue weighted by Crippen LogP contribution is 2.15. The fourth-order valence-electron chi connectivity index (χ4n) is 2.36. The van der Waals surface area contributed by atoms with E-state index in [-0.39, 0.29) is 11.7 Å². The summed E-state index contributed by atoms with van der Waals surface area (Å²) in [5, 5.41) is 0. The van der Waals surface area contributed by atoms with Gasteiger partial charge < -0.3 is 9.64 Å². The van der Waals surface area contributed by atoms with Gasteiger partial charge in [0.05, 0.1) is 0 Å². The number of para-hydroxylation sites is 1. The van der Waals surface area contributed by atoms with Crippen LogP contribution in [0.3, 0.4) is 0 Å². The average molecular weight is 280 g/mol. The number of rotatable bonds is 4. The summed E-state index contributed by atoms with van der Waals surface area (Å²) in [5.41, 5.74) is 0. The lowest BCUT2D eigenvalue weighted by molar-refractivity contribution is -0.128. The predicted molar refractivity (Wildman–Crippen MR) is 75.2 cm³/mol. The maximum Gasteiger partial charge on any atom is 0.219 e. The maximum absolute atomic E-state index is 13.4. The summed E-state index contributed by atoms with van der Waals surface area (Å²) in [5.74, 6) is 0.105. The number of benzene rings is 1. The van der Waals surface area contributed by atoms with Crippen LogP contribution in [0.2, 0.25) is 0 Å². The maximum atomic E-state index is 13.4. The quantitative estimate of drug-likeness (QED) is 0.842. The number of carbonyl (C=O) groups excluding carboxylic acids is 1. The minimum Gasteiger partial charge on any atom is -0.489 e. The van der Waals surface area contributed by atoms with E-state index in [1.165, 1.54) is 6.07 Å². The monoisotopic (exact) mass is 280 g/mol. The Morgan fingerprint density at radius 2 is 2.05 bits per heavy atom. The highest BCUT2D eigenvalue weighted by molar-refractivity contribution is 5.73. The lowest BCUT2D eigenvalue weighted by atomic mass is 10.3. The summed E-state index contributed by atoms with van der Waals surface area (Å²) in [7, 11) is 0. The highest BCUT2D eigenvalue weighted by Gasteiger charge is 2.16. The zero-order valence-electron chi connectivity index (χ0n) is 11.8. The minimum absolute atomic E-state index is 0.134. The SMILES string of the molecule is CC(=O)N1CCCN(CCOc2ccccc2F)CC1. The largest absolute Gasteiger partial charge is 0.489 e.